The molecule has 0 spiro atoms. The molecule has 0 aromatic carbocycles. The second-order valence-electron chi connectivity index (χ2n) is 5.05. The molecule has 2 N–H and O–H groups in total. The van der Waals surface area contributed by atoms with E-state index in [-0.39, 0.29) is 30.2 Å². The molecule has 0 radical (unpaired) electrons. The van der Waals surface area contributed by atoms with Crippen molar-refractivity contribution >= 4 is 18.0 Å². The summed E-state index contributed by atoms with van der Waals surface area (Å²) in [5.41, 5.74) is 1.09. The number of ether oxygens (including phenoxy) is 2. The van der Waals surface area contributed by atoms with Crippen molar-refractivity contribution in [2.75, 3.05) is 13.2 Å². The summed E-state index contributed by atoms with van der Waals surface area (Å²) in [5.74, 6) is -1.29. The van der Waals surface area contributed by atoms with E-state index in [1.807, 2.05) is 0 Å². The molecule has 2 heterocycles. The number of hydrogen-bond acceptors (Lipinski definition) is 7. The van der Waals surface area contributed by atoms with Crippen LogP contribution in [0.15, 0.2) is 23.7 Å². The van der Waals surface area contributed by atoms with Crippen molar-refractivity contribution < 1.29 is 23.9 Å². The molecule has 1 atom stereocenters. The van der Waals surface area contributed by atoms with Crippen molar-refractivity contribution in [3.05, 3.63) is 35.1 Å². The SMILES string of the molecule is CCOC(=O)C1=C(COC(=O)c2cnc(C)cn2)NC(=O)N[C@H]1C. The van der Waals surface area contributed by atoms with Gasteiger partial charge >= 0.3 is 18.0 Å². The highest BCUT2D eigenvalue weighted by Crippen LogP contribution is 2.15. The van der Waals surface area contributed by atoms with E-state index in [4.69, 9.17) is 9.47 Å². The molecule has 0 fully saturated rings. The van der Waals surface area contributed by atoms with Gasteiger partial charge in [0.2, 0.25) is 0 Å². The van der Waals surface area contributed by atoms with Gasteiger partial charge in [0, 0.05) is 6.20 Å². The number of esters is 2. The highest BCUT2D eigenvalue weighted by Gasteiger charge is 2.30. The fourth-order valence-corrected chi connectivity index (χ4v) is 2.10. The number of aromatic nitrogens is 2. The van der Waals surface area contributed by atoms with Gasteiger partial charge in [0.15, 0.2) is 5.69 Å². The number of rotatable bonds is 5. The Balaban J connectivity index is 2.15. The van der Waals surface area contributed by atoms with E-state index < -0.39 is 24.0 Å². The fraction of sp³-hybridized carbons (Fsp3) is 0.400. The third kappa shape index (κ3) is 4.06. The maximum Gasteiger partial charge on any atom is 0.358 e. The highest BCUT2D eigenvalue weighted by atomic mass is 16.5. The topological polar surface area (TPSA) is 120 Å². The molecule has 24 heavy (non-hydrogen) atoms. The zero-order chi connectivity index (χ0) is 17.7. The van der Waals surface area contributed by atoms with Gasteiger partial charge in [-0.15, -0.1) is 0 Å². The predicted molar refractivity (Wildman–Crippen MR) is 81.8 cm³/mol. The van der Waals surface area contributed by atoms with E-state index in [0.29, 0.717) is 5.69 Å². The summed E-state index contributed by atoms with van der Waals surface area (Å²) in [7, 11) is 0. The van der Waals surface area contributed by atoms with Crippen LogP contribution in [0.4, 0.5) is 4.79 Å². The first kappa shape index (κ1) is 17.4. The van der Waals surface area contributed by atoms with Crippen LogP contribution in [-0.4, -0.2) is 47.2 Å². The smallest absolute Gasteiger partial charge is 0.358 e. The van der Waals surface area contributed by atoms with E-state index in [1.54, 1.807) is 20.8 Å². The Morgan fingerprint density at radius 2 is 1.96 bits per heavy atom. The quantitative estimate of drug-likeness (QED) is 0.751. The first-order valence-corrected chi connectivity index (χ1v) is 7.35. The minimum Gasteiger partial charge on any atom is -0.463 e. The molecule has 1 aliphatic heterocycles. The number of nitrogens with zero attached hydrogens (tertiary/aromatic N) is 2. The van der Waals surface area contributed by atoms with Gasteiger partial charge in [-0.1, -0.05) is 0 Å². The van der Waals surface area contributed by atoms with Crippen molar-refractivity contribution in [1.29, 1.82) is 0 Å². The predicted octanol–water partition coefficient (Wildman–Crippen LogP) is 0.460. The monoisotopic (exact) mass is 334 g/mol. The molecule has 1 aromatic heterocycles. The lowest BCUT2D eigenvalue weighted by atomic mass is 10.0. The Bertz CT molecular complexity index is 684. The van der Waals surface area contributed by atoms with Gasteiger partial charge in [0.1, 0.15) is 6.61 Å². The van der Waals surface area contributed by atoms with E-state index in [1.165, 1.54) is 12.4 Å². The molecule has 128 valence electrons. The van der Waals surface area contributed by atoms with Crippen LogP contribution < -0.4 is 10.6 Å². The Labute approximate surface area is 138 Å². The lowest BCUT2D eigenvalue weighted by Crippen LogP contribution is -2.50. The van der Waals surface area contributed by atoms with Crippen LogP contribution in [0.3, 0.4) is 0 Å². The van der Waals surface area contributed by atoms with Crippen LogP contribution in [0, 0.1) is 6.92 Å². The summed E-state index contributed by atoms with van der Waals surface area (Å²) in [6.07, 6.45) is 2.73. The van der Waals surface area contributed by atoms with Crippen molar-refractivity contribution in [2.24, 2.45) is 0 Å². The molecule has 0 aliphatic carbocycles. The van der Waals surface area contributed by atoms with Crippen LogP contribution in [0.1, 0.15) is 30.0 Å². The molecule has 0 bridgehead atoms. The summed E-state index contributed by atoms with van der Waals surface area (Å²) >= 11 is 0. The maximum absolute atomic E-state index is 12.0. The molecule has 9 heteroatoms. The van der Waals surface area contributed by atoms with E-state index >= 15 is 0 Å². The van der Waals surface area contributed by atoms with Gasteiger partial charge in [0.05, 0.1) is 35.8 Å². The summed E-state index contributed by atoms with van der Waals surface area (Å²) < 4.78 is 10.1. The first-order valence-electron chi connectivity index (χ1n) is 7.35. The van der Waals surface area contributed by atoms with Crippen LogP contribution in [0.5, 0.6) is 0 Å². The minimum atomic E-state index is -0.710. The minimum absolute atomic E-state index is 0.0344. The van der Waals surface area contributed by atoms with Gasteiger partial charge in [0.25, 0.3) is 0 Å². The summed E-state index contributed by atoms with van der Waals surface area (Å²) in [6, 6.07) is -1.05. The molecule has 2 amide bonds. The normalized spacial score (nSPS) is 17.0. The van der Waals surface area contributed by atoms with Crippen molar-refractivity contribution in [2.45, 2.75) is 26.8 Å². The van der Waals surface area contributed by atoms with Gasteiger partial charge in [-0.3, -0.25) is 4.98 Å². The number of carbonyl (C=O) groups is 3. The molecule has 1 aliphatic rings. The average molecular weight is 334 g/mol. The van der Waals surface area contributed by atoms with Crippen molar-refractivity contribution in [3.8, 4) is 0 Å². The molecular formula is C15H18N4O5. The fourth-order valence-electron chi connectivity index (χ4n) is 2.10. The largest absolute Gasteiger partial charge is 0.463 e. The zero-order valence-corrected chi connectivity index (χ0v) is 13.6. The Morgan fingerprint density at radius 1 is 1.21 bits per heavy atom. The van der Waals surface area contributed by atoms with Crippen LogP contribution >= 0.6 is 0 Å². The Kier molecular flexibility index (Phi) is 5.46. The third-order valence-corrected chi connectivity index (χ3v) is 3.20. The number of hydrogen-bond donors (Lipinski definition) is 2. The molecule has 9 nitrogen and oxygen atoms in total. The summed E-state index contributed by atoms with van der Waals surface area (Å²) in [4.78, 5) is 43.5. The summed E-state index contributed by atoms with van der Waals surface area (Å²) in [6.45, 7) is 4.95. The number of amides is 2. The lowest BCUT2D eigenvalue weighted by Gasteiger charge is -2.26. The Morgan fingerprint density at radius 3 is 2.58 bits per heavy atom. The lowest BCUT2D eigenvalue weighted by molar-refractivity contribution is -0.139. The summed E-state index contributed by atoms with van der Waals surface area (Å²) in [5, 5.41) is 5.02. The van der Waals surface area contributed by atoms with Crippen LogP contribution in [0.2, 0.25) is 0 Å². The van der Waals surface area contributed by atoms with E-state index in [9.17, 15) is 14.4 Å². The Hall–Kier alpha value is -2.97. The average Bonchev–Trinajstić information content (AvgIpc) is 2.52. The zero-order valence-electron chi connectivity index (χ0n) is 13.6. The first-order chi connectivity index (χ1) is 11.4. The highest BCUT2D eigenvalue weighted by molar-refractivity contribution is 5.95. The van der Waals surface area contributed by atoms with Crippen LogP contribution in [0.25, 0.3) is 0 Å². The maximum atomic E-state index is 12.0. The van der Waals surface area contributed by atoms with Gasteiger partial charge < -0.3 is 20.1 Å². The van der Waals surface area contributed by atoms with Gasteiger partial charge in [-0.05, 0) is 20.8 Å². The molecule has 1 aromatic rings. The van der Waals surface area contributed by atoms with Crippen LogP contribution in [-0.2, 0) is 14.3 Å². The van der Waals surface area contributed by atoms with E-state index in [0.717, 1.165) is 0 Å². The standard InChI is InChI=1S/C15H18N4O5/c1-4-23-14(21)12-9(3)18-15(22)19-11(12)7-24-13(20)10-6-16-8(2)5-17-10/h5-6,9H,4,7H2,1-3H3,(H2,18,19,22)/t9-/m0/s1. The number of aryl methyl sites for hydroxylation is 1. The van der Waals surface area contributed by atoms with E-state index in [2.05, 4.69) is 20.6 Å². The van der Waals surface area contributed by atoms with Gasteiger partial charge in [-0.25, -0.2) is 19.4 Å². The second-order valence-corrected chi connectivity index (χ2v) is 5.05. The number of carbonyl (C=O) groups excluding carboxylic acids is 3. The molecule has 2 rings (SSSR count). The molecule has 0 saturated heterocycles. The molecule has 0 saturated carbocycles. The second kappa shape index (κ2) is 7.53. The van der Waals surface area contributed by atoms with Gasteiger partial charge in [-0.2, -0.15) is 0 Å². The van der Waals surface area contributed by atoms with Crippen molar-refractivity contribution in [1.82, 2.24) is 20.6 Å². The number of urea groups is 1. The number of nitrogens with one attached hydrogen (secondary N) is 2. The third-order valence-electron chi connectivity index (χ3n) is 3.20. The molecule has 0 unspecified atom stereocenters. The molecular weight excluding hydrogens is 316 g/mol. The van der Waals surface area contributed by atoms with Crippen molar-refractivity contribution in [3.63, 3.8) is 0 Å².